The van der Waals surface area contributed by atoms with Crippen molar-refractivity contribution < 1.29 is 20.9 Å². The van der Waals surface area contributed by atoms with E-state index in [0.717, 1.165) is 0 Å². The van der Waals surface area contributed by atoms with Crippen LogP contribution in [0.3, 0.4) is 0 Å². The van der Waals surface area contributed by atoms with Crippen LogP contribution in [0, 0.1) is 0 Å². The maximum atomic E-state index is 4.38. The molecule has 3 unspecified atom stereocenters. The molecule has 30 heavy (non-hydrogen) atoms. The van der Waals surface area contributed by atoms with Crippen LogP contribution in [0.4, 0.5) is 0 Å². The molecule has 3 atom stereocenters. The van der Waals surface area contributed by atoms with Crippen molar-refractivity contribution >= 4 is 48.1 Å². The van der Waals surface area contributed by atoms with Gasteiger partial charge in [-0.25, -0.2) is 0 Å². The molecule has 0 saturated carbocycles. The summed E-state index contributed by atoms with van der Waals surface area (Å²) in [6.07, 6.45) is 9.79. The summed E-state index contributed by atoms with van der Waals surface area (Å²) < 4.78 is 1.27. The molecule has 0 heterocycles. The van der Waals surface area contributed by atoms with E-state index in [0.29, 0.717) is 7.25 Å². The molecular weight excluding hydrogens is 503 g/mol. The number of rotatable bonds is 5. The normalized spacial score (nSPS) is 18.5. The minimum atomic E-state index is -2.07. The SMILES string of the molecule is C=C[SiH](c1ccccc1)[Zr]([CH]1C=Cc2ccccc21)[CH]1C=Cc2ccccc21.Cl.Cl. The van der Waals surface area contributed by atoms with Crippen molar-refractivity contribution in [2.75, 3.05) is 0 Å². The Balaban J connectivity index is 0.00000128. The minimum absolute atomic E-state index is 0. The zero-order valence-corrected chi connectivity index (χ0v) is 21.9. The van der Waals surface area contributed by atoms with Gasteiger partial charge in [-0.2, -0.15) is 0 Å². The average molecular weight is 528 g/mol. The van der Waals surface area contributed by atoms with Gasteiger partial charge in [-0.15, -0.1) is 24.8 Å². The first-order valence-corrected chi connectivity index (χ1v) is 18.9. The van der Waals surface area contributed by atoms with Crippen LogP contribution in [0.5, 0.6) is 0 Å². The molecule has 0 aliphatic heterocycles. The topological polar surface area (TPSA) is 0 Å². The zero-order chi connectivity index (χ0) is 18.9. The third-order valence-electron chi connectivity index (χ3n) is 6.07. The Kier molecular flexibility index (Phi) is 7.93. The second-order valence-corrected chi connectivity index (χ2v) is 23.7. The fraction of sp³-hybridized carbons (Fsp3) is 0.0769. The molecule has 0 saturated heterocycles. The number of benzene rings is 3. The average Bonchev–Trinajstić information content (AvgIpc) is 3.37. The predicted octanol–water partition coefficient (Wildman–Crippen LogP) is 6.34. The van der Waals surface area contributed by atoms with Gasteiger partial charge in [0.15, 0.2) is 0 Å². The summed E-state index contributed by atoms with van der Waals surface area (Å²) in [5, 5.41) is 1.57. The monoisotopic (exact) mass is 525 g/mol. The fourth-order valence-electron chi connectivity index (χ4n) is 4.79. The molecule has 151 valence electrons. The number of hydrogen-bond donors (Lipinski definition) is 0. The third kappa shape index (κ3) is 4.16. The fourth-order valence-corrected chi connectivity index (χ4v) is 28.1. The summed E-state index contributed by atoms with van der Waals surface area (Å²) in [4.78, 5) is 0. The van der Waals surface area contributed by atoms with Gasteiger partial charge in [-0.3, -0.25) is 0 Å². The molecule has 0 amide bonds. The molecular formula is C26H25Cl2SiZr. The summed E-state index contributed by atoms with van der Waals surface area (Å²) in [6, 6.07) is 29.3. The number of halogens is 2. The standard InChI is InChI=1S/2C9H7.C8H9Si.2ClH.Zr/c2*1-2-5-9-7-3-6-8(9)4-1;1-2-9-8-6-4-3-5-7-8;;;/h2*1-7H;2-7,9H,1H2;2*1H;. The van der Waals surface area contributed by atoms with Crippen molar-refractivity contribution in [3.63, 3.8) is 0 Å². The molecule has 0 aromatic heterocycles. The molecule has 3 aromatic rings. The maximum absolute atomic E-state index is 4.38. The molecule has 0 fully saturated rings. The van der Waals surface area contributed by atoms with Crippen LogP contribution in [0.15, 0.2) is 103 Å². The molecule has 0 bridgehead atoms. The Bertz CT molecular complexity index is 1010. The number of allylic oxidation sites excluding steroid dienone is 2. The second-order valence-electron chi connectivity index (χ2n) is 7.56. The van der Waals surface area contributed by atoms with E-state index < -0.39 is 26.8 Å². The van der Waals surface area contributed by atoms with E-state index in [1.54, 1.807) is 16.3 Å². The summed E-state index contributed by atoms with van der Waals surface area (Å²) >= 11 is -2.07. The quantitative estimate of drug-likeness (QED) is 0.340. The molecule has 2 aliphatic carbocycles. The molecule has 0 nitrogen and oxygen atoms in total. The van der Waals surface area contributed by atoms with Gasteiger partial charge in [0.2, 0.25) is 0 Å². The maximum Gasteiger partial charge on any atom is -0.147 e. The molecule has 5 rings (SSSR count). The molecule has 4 heteroatoms. The van der Waals surface area contributed by atoms with E-state index >= 15 is 0 Å². The summed E-state index contributed by atoms with van der Waals surface area (Å²) in [5.74, 6) is -1.25. The van der Waals surface area contributed by atoms with Gasteiger partial charge in [0.1, 0.15) is 0 Å². The van der Waals surface area contributed by atoms with Crippen LogP contribution in [0.2, 0.25) is 0 Å². The van der Waals surface area contributed by atoms with Gasteiger partial charge in [0.05, 0.1) is 0 Å². The van der Waals surface area contributed by atoms with Crippen LogP contribution in [0.1, 0.15) is 29.5 Å². The molecule has 0 N–H and O–H groups in total. The van der Waals surface area contributed by atoms with Crippen molar-refractivity contribution in [2.45, 2.75) is 7.25 Å². The zero-order valence-electron chi connectivity index (χ0n) is 16.6. The Hall–Kier alpha value is -1.44. The van der Waals surface area contributed by atoms with Gasteiger partial charge < -0.3 is 0 Å². The first kappa shape index (κ1) is 23.2. The Morgan fingerprint density at radius 2 is 1.13 bits per heavy atom. The molecule has 0 radical (unpaired) electrons. The number of fused-ring (bicyclic) bond motifs is 2. The van der Waals surface area contributed by atoms with E-state index in [1.165, 1.54) is 11.1 Å². The van der Waals surface area contributed by atoms with Gasteiger partial charge in [-0.1, -0.05) is 0 Å². The molecule has 2 aliphatic rings. The van der Waals surface area contributed by atoms with Crippen LogP contribution in [0.25, 0.3) is 12.2 Å². The van der Waals surface area contributed by atoms with Crippen LogP contribution < -0.4 is 5.19 Å². The van der Waals surface area contributed by atoms with E-state index in [1.807, 2.05) is 0 Å². The van der Waals surface area contributed by atoms with Crippen molar-refractivity contribution in [2.24, 2.45) is 0 Å². The van der Waals surface area contributed by atoms with Gasteiger partial charge in [0.25, 0.3) is 0 Å². The first-order chi connectivity index (χ1) is 13.9. The van der Waals surface area contributed by atoms with Crippen molar-refractivity contribution in [3.05, 3.63) is 126 Å². The summed E-state index contributed by atoms with van der Waals surface area (Å²) in [7, 11) is 0. The third-order valence-corrected chi connectivity index (χ3v) is 28.1. The Morgan fingerprint density at radius 3 is 1.63 bits per heavy atom. The molecule has 0 spiro atoms. The predicted molar refractivity (Wildman–Crippen MR) is 134 cm³/mol. The van der Waals surface area contributed by atoms with E-state index in [9.17, 15) is 0 Å². The summed E-state index contributed by atoms with van der Waals surface area (Å²) in [5.41, 5.74) is 8.35. The smallest absolute Gasteiger partial charge is 0.147 e. The second kappa shape index (κ2) is 10.2. The van der Waals surface area contributed by atoms with Crippen molar-refractivity contribution in [3.8, 4) is 0 Å². The van der Waals surface area contributed by atoms with Crippen molar-refractivity contribution in [1.29, 1.82) is 0 Å². The molecule has 3 aromatic carbocycles. The number of hydrogen-bond acceptors (Lipinski definition) is 0. The van der Waals surface area contributed by atoms with Crippen LogP contribution in [-0.2, 0) is 20.9 Å². The largest absolute Gasteiger partial charge is 0.147 e. The van der Waals surface area contributed by atoms with Crippen LogP contribution >= 0.6 is 24.8 Å². The Morgan fingerprint density at radius 1 is 0.667 bits per heavy atom. The van der Waals surface area contributed by atoms with Gasteiger partial charge in [-0.05, 0) is 0 Å². The Labute approximate surface area is 200 Å². The summed E-state index contributed by atoms with van der Waals surface area (Å²) in [6.45, 7) is 4.38. The van der Waals surface area contributed by atoms with Gasteiger partial charge >= 0.3 is 177 Å². The van der Waals surface area contributed by atoms with E-state index in [2.05, 4.69) is 115 Å². The van der Waals surface area contributed by atoms with E-state index in [-0.39, 0.29) is 24.8 Å². The van der Waals surface area contributed by atoms with Crippen molar-refractivity contribution in [1.82, 2.24) is 0 Å². The first-order valence-electron chi connectivity index (χ1n) is 9.95. The minimum Gasteiger partial charge on any atom is -0.147 e. The van der Waals surface area contributed by atoms with Gasteiger partial charge in [0, 0.05) is 0 Å². The van der Waals surface area contributed by atoms with Crippen LogP contribution in [-0.4, -0.2) is 5.92 Å². The van der Waals surface area contributed by atoms with E-state index in [4.69, 9.17) is 0 Å².